The highest BCUT2D eigenvalue weighted by Crippen LogP contribution is 2.61. The average Bonchev–Trinajstić information content (AvgIpc) is 3.21. The molecule has 0 aromatic heterocycles. The van der Waals surface area contributed by atoms with Crippen LogP contribution in [0.15, 0.2) is 140 Å². The fourth-order valence-electron chi connectivity index (χ4n) is 12.2. The number of anilines is 3. The highest BCUT2D eigenvalue weighted by atomic mass is 15.1. The first kappa shape index (κ1) is 31.6. The van der Waals surface area contributed by atoms with Crippen molar-refractivity contribution >= 4 is 17.1 Å². The molecule has 0 atom stereocenters. The van der Waals surface area contributed by atoms with Crippen molar-refractivity contribution in [2.75, 3.05) is 4.90 Å². The molecule has 0 aliphatic heterocycles. The van der Waals surface area contributed by atoms with Gasteiger partial charge >= 0.3 is 0 Å². The molecular formula is C52H49N. The van der Waals surface area contributed by atoms with Crippen LogP contribution >= 0.6 is 0 Å². The van der Waals surface area contributed by atoms with Crippen molar-refractivity contribution in [3.05, 3.63) is 151 Å². The van der Waals surface area contributed by atoms with Gasteiger partial charge < -0.3 is 4.90 Å². The Morgan fingerprint density at radius 3 is 1.30 bits per heavy atom. The molecule has 53 heavy (non-hydrogen) atoms. The number of hydrogen-bond donors (Lipinski definition) is 0. The first-order valence-corrected chi connectivity index (χ1v) is 20.6. The van der Waals surface area contributed by atoms with Gasteiger partial charge in [-0.2, -0.15) is 0 Å². The summed E-state index contributed by atoms with van der Waals surface area (Å²) in [5.41, 5.74) is 17.5. The monoisotopic (exact) mass is 687 g/mol. The number of nitrogens with zero attached hydrogens (tertiary/aromatic N) is 1. The lowest BCUT2D eigenvalue weighted by atomic mass is 9.48. The fourth-order valence-corrected chi connectivity index (χ4v) is 12.2. The predicted molar refractivity (Wildman–Crippen MR) is 222 cm³/mol. The summed E-state index contributed by atoms with van der Waals surface area (Å²) in [5.74, 6) is 3.54. The molecule has 6 aromatic rings. The second-order valence-electron chi connectivity index (χ2n) is 17.4. The van der Waals surface area contributed by atoms with Gasteiger partial charge in [0.1, 0.15) is 0 Å². The molecule has 0 amide bonds. The van der Waals surface area contributed by atoms with Gasteiger partial charge in [-0.1, -0.05) is 122 Å². The Morgan fingerprint density at radius 1 is 0.396 bits per heavy atom. The smallest absolute Gasteiger partial charge is 0.0468 e. The van der Waals surface area contributed by atoms with Crippen LogP contribution in [0.2, 0.25) is 0 Å². The molecule has 0 unspecified atom stereocenters. The minimum atomic E-state index is 0.399. The van der Waals surface area contributed by atoms with E-state index in [1.54, 1.807) is 5.56 Å². The molecular weight excluding hydrogens is 639 g/mol. The Balaban J connectivity index is 1.06. The topological polar surface area (TPSA) is 3.24 Å². The van der Waals surface area contributed by atoms with Crippen LogP contribution in [0.4, 0.5) is 17.1 Å². The third-order valence-electron chi connectivity index (χ3n) is 14.2. The zero-order valence-corrected chi connectivity index (χ0v) is 30.8. The van der Waals surface area contributed by atoms with Gasteiger partial charge in [-0.05, 0) is 172 Å². The lowest BCUT2D eigenvalue weighted by molar-refractivity contribution is -0.00518. The van der Waals surface area contributed by atoms with E-state index in [0.29, 0.717) is 11.3 Å². The van der Waals surface area contributed by atoms with Crippen molar-refractivity contribution < 1.29 is 0 Å². The van der Waals surface area contributed by atoms with Crippen LogP contribution in [0.1, 0.15) is 87.7 Å². The number of hydrogen-bond acceptors (Lipinski definition) is 1. The minimum Gasteiger partial charge on any atom is -0.310 e. The van der Waals surface area contributed by atoms with Crippen LogP contribution in [-0.2, 0) is 5.41 Å². The summed E-state index contributed by atoms with van der Waals surface area (Å²) in [5, 5.41) is 0. The third kappa shape index (κ3) is 5.33. The van der Waals surface area contributed by atoms with Crippen LogP contribution in [0, 0.1) is 17.8 Å². The van der Waals surface area contributed by atoms with Crippen LogP contribution in [0.5, 0.6) is 0 Å². The summed E-state index contributed by atoms with van der Waals surface area (Å²) in [4.78, 5) is 2.52. The fraction of sp³-hybridized carbons (Fsp3) is 0.308. The van der Waals surface area contributed by atoms with Gasteiger partial charge in [-0.25, -0.2) is 0 Å². The largest absolute Gasteiger partial charge is 0.310 e. The maximum absolute atomic E-state index is 2.52. The van der Waals surface area contributed by atoms with E-state index in [2.05, 4.69) is 144 Å². The summed E-state index contributed by atoms with van der Waals surface area (Å²) in [7, 11) is 0. The van der Waals surface area contributed by atoms with E-state index in [-0.39, 0.29) is 0 Å². The molecule has 6 aliphatic rings. The highest BCUT2D eigenvalue weighted by Gasteiger charge is 2.51. The maximum Gasteiger partial charge on any atom is 0.0468 e. The van der Waals surface area contributed by atoms with Gasteiger partial charge in [0.15, 0.2) is 0 Å². The Bertz CT molecular complexity index is 2260. The van der Waals surface area contributed by atoms with Gasteiger partial charge in [0.25, 0.3) is 0 Å². The first-order valence-electron chi connectivity index (χ1n) is 20.6. The minimum absolute atomic E-state index is 0.399. The quantitative estimate of drug-likeness (QED) is 0.174. The zero-order valence-electron chi connectivity index (χ0n) is 30.8. The molecule has 0 radical (unpaired) electrons. The molecule has 12 rings (SSSR count). The Labute approximate surface area is 315 Å². The molecule has 5 fully saturated rings. The SMILES string of the molecule is c1ccc2c(c1)-c1ccccc1-c1ccc(N(c3ccc(C4CCCCC4)cc3)c3ccc(C45CC6CC(CC(C6)C4)C5)cc3)cc1-c1ccccc1-2. The standard InChI is InChI=1S/C52H49N/c1-2-10-38(11-3-1)39-18-22-41(23-19-39)53(42-24-20-40(21-25-42)52-32-35-28-36(33-52)30-37(29-35)34-52)43-26-27-50-48-16-7-6-14-46(48)44-12-4-5-13-45(44)47-15-8-9-17-49(47)51(50)31-43/h4-9,12-27,31,35-38H,1-3,10-11,28-30,32-34H2. The van der Waals surface area contributed by atoms with Gasteiger partial charge in [-0.15, -0.1) is 0 Å². The van der Waals surface area contributed by atoms with Crippen molar-refractivity contribution in [3.63, 3.8) is 0 Å². The van der Waals surface area contributed by atoms with E-state index in [1.807, 2.05) is 0 Å². The van der Waals surface area contributed by atoms with Crippen LogP contribution < -0.4 is 4.90 Å². The summed E-state index contributed by atoms with van der Waals surface area (Å²) in [6.07, 6.45) is 15.4. The van der Waals surface area contributed by atoms with Gasteiger partial charge in [0.2, 0.25) is 0 Å². The summed E-state index contributed by atoms with van der Waals surface area (Å²) in [6.45, 7) is 0. The lowest BCUT2D eigenvalue weighted by Crippen LogP contribution is -2.48. The number of fused-ring (bicyclic) bond motifs is 8. The van der Waals surface area contributed by atoms with Gasteiger partial charge in [0, 0.05) is 17.1 Å². The second kappa shape index (κ2) is 12.6. The average molecular weight is 688 g/mol. The maximum atomic E-state index is 2.52. The third-order valence-corrected chi connectivity index (χ3v) is 14.2. The van der Waals surface area contributed by atoms with Crippen molar-refractivity contribution in [1.82, 2.24) is 0 Å². The normalized spacial score (nSPS) is 24.0. The molecule has 0 heterocycles. The molecule has 262 valence electrons. The van der Waals surface area contributed by atoms with Crippen LogP contribution in [0.25, 0.3) is 44.5 Å². The summed E-state index contributed by atoms with van der Waals surface area (Å²) >= 11 is 0. The van der Waals surface area contributed by atoms with Crippen molar-refractivity contribution in [2.24, 2.45) is 17.8 Å². The molecule has 6 aliphatic carbocycles. The van der Waals surface area contributed by atoms with Gasteiger partial charge in [0.05, 0.1) is 0 Å². The molecule has 0 spiro atoms. The molecule has 5 saturated carbocycles. The van der Waals surface area contributed by atoms with E-state index >= 15 is 0 Å². The Kier molecular flexibility index (Phi) is 7.53. The number of benzene rings is 6. The van der Waals surface area contributed by atoms with Crippen molar-refractivity contribution in [2.45, 2.75) is 82.0 Å². The first-order chi connectivity index (χ1) is 26.2. The molecule has 0 N–H and O–H groups in total. The molecule has 1 heteroatoms. The summed E-state index contributed by atoms with van der Waals surface area (Å²) < 4.78 is 0. The highest BCUT2D eigenvalue weighted by molar-refractivity contribution is 6.04. The molecule has 4 bridgehead atoms. The Morgan fingerprint density at radius 2 is 0.811 bits per heavy atom. The molecule has 0 saturated heterocycles. The van der Waals surface area contributed by atoms with E-state index in [4.69, 9.17) is 0 Å². The van der Waals surface area contributed by atoms with E-state index in [9.17, 15) is 0 Å². The summed E-state index contributed by atoms with van der Waals surface area (Å²) in [6, 6.07) is 53.8. The Hall–Kier alpha value is -4.88. The van der Waals surface area contributed by atoms with E-state index in [0.717, 1.165) is 17.8 Å². The van der Waals surface area contributed by atoms with Crippen LogP contribution in [-0.4, -0.2) is 0 Å². The van der Waals surface area contributed by atoms with E-state index in [1.165, 1.54) is 138 Å². The van der Waals surface area contributed by atoms with Gasteiger partial charge in [-0.3, -0.25) is 0 Å². The second-order valence-corrected chi connectivity index (χ2v) is 17.4. The van der Waals surface area contributed by atoms with Crippen molar-refractivity contribution in [1.29, 1.82) is 0 Å². The van der Waals surface area contributed by atoms with Crippen molar-refractivity contribution in [3.8, 4) is 44.5 Å². The van der Waals surface area contributed by atoms with Crippen LogP contribution in [0.3, 0.4) is 0 Å². The van der Waals surface area contributed by atoms with E-state index < -0.39 is 0 Å². The zero-order chi connectivity index (χ0) is 34.9. The molecule has 1 nitrogen and oxygen atoms in total. The number of rotatable bonds is 5. The molecule has 6 aromatic carbocycles. The predicted octanol–water partition coefficient (Wildman–Crippen LogP) is 14.7. The lowest BCUT2D eigenvalue weighted by Gasteiger charge is -2.57.